The number of rotatable bonds is 9. The fraction of sp³-hybridized carbons (Fsp3) is 0.276. The van der Waals surface area contributed by atoms with E-state index in [4.69, 9.17) is 4.74 Å². The van der Waals surface area contributed by atoms with Crippen LogP contribution in [0, 0.1) is 5.82 Å². The normalized spacial score (nSPS) is 13.8. The van der Waals surface area contributed by atoms with Crippen molar-refractivity contribution in [2.75, 3.05) is 51.8 Å². The van der Waals surface area contributed by atoms with Crippen molar-refractivity contribution in [3.8, 4) is 0 Å². The molecule has 0 aromatic heterocycles. The van der Waals surface area contributed by atoms with Gasteiger partial charge in [-0.05, 0) is 29.3 Å². The maximum atomic E-state index is 13.5. The molecule has 9 heteroatoms. The Balaban J connectivity index is 1.28. The largest absolute Gasteiger partial charge is 0.465 e. The van der Waals surface area contributed by atoms with Crippen LogP contribution in [-0.4, -0.2) is 74.1 Å². The molecule has 0 radical (unpaired) electrons. The van der Waals surface area contributed by atoms with Gasteiger partial charge < -0.3 is 19.7 Å². The first-order valence-corrected chi connectivity index (χ1v) is 12.3. The molecule has 1 aliphatic heterocycles. The van der Waals surface area contributed by atoms with E-state index in [-0.39, 0.29) is 29.8 Å². The first-order chi connectivity index (χ1) is 18.5. The molecule has 4 rings (SSSR count). The number of nitrogens with one attached hydrogen (secondary N) is 1. The molecular weight excluding hydrogens is 489 g/mol. The Morgan fingerprint density at radius 1 is 0.868 bits per heavy atom. The highest BCUT2D eigenvalue weighted by Gasteiger charge is 2.28. The smallest absolute Gasteiger partial charge is 0.340 e. The van der Waals surface area contributed by atoms with Crippen LogP contribution in [-0.2, 0) is 19.1 Å². The fourth-order valence-electron chi connectivity index (χ4n) is 4.53. The number of piperazine rings is 1. The highest BCUT2D eigenvalue weighted by Crippen LogP contribution is 2.29. The Morgan fingerprint density at radius 3 is 2.05 bits per heavy atom. The molecule has 1 heterocycles. The van der Waals surface area contributed by atoms with Gasteiger partial charge in [0, 0.05) is 26.2 Å². The molecule has 1 aliphatic rings. The monoisotopic (exact) mass is 519 g/mol. The lowest BCUT2D eigenvalue weighted by molar-refractivity contribution is -0.139. The van der Waals surface area contributed by atoms with Gasteiger partial charge in [-0.3, -0.25) is 14.5 Å². The molecule has 1 saturated heterocycles. The number of carbonyl (C=O) groups excluding carboxylic acids is 3. The SMILES string of the molecule is COC(=O)c1cc(F)ccc1NC(=O)COCC(=O)N1CCN(C(c2ccccc2)c2ccccc2)CC1. The van der Waals surface area contributed by atoms with Crippen LogP contribution >= 0.6 is 0 Å². The van der Waals surface area contributed by atoms with Crippen LogP contribution < -0.4 is 5.32 Å². The van der Waals surface area contributed by atoms with Gasteiger partial charge in [0.1, 0.15) is 19.0 Å². The van der Waals surface area contributed by atoms with Crippen LogP contribution in [0.1, 0.15) is 27.5 Å². The number of halogens is 1. The third-order valence-corrected chi connectivity index (χ3v) is 6.38. The molecule has 1 N–H and O–H groups in total. The number of hydrogen-bond acceptors (Lipinski definition) is 6. The van der Waals surface area contributed by atoms with Gasteiger partial charge in [0.05, 0.1) is 24.4 Å². The molecular formula is C29H30FN3O5. The van der Waals surface area contributed by atoms with E-state index in [0.717, 1.165) is 19.2 Å². The summed E-state index contributed by atoms with van der Waals surface area (Å²) < 4.78 is 23.5. The average molecular weight is 520 g/mol. The van der Waals surface area contributed by atoms with Crippen molar-refractivity contribution in [2.45, 2.75) is 6.04 Å². The van der Waals surface area contributed by atoms with Gasteiger partial charge in [0.15, 0.2) is 0 Å². The molecule has 38 heavy (non-hydrogen) atoms. The van der Waals surface area contributed by atoms with Crippen molar-refractivity contribution >= 4 is 23.5 Å². The Hall–Kier alpha value is -4.08. The number of nitrogens with zero attached hydrogens (tertiary/aromatic N) is 2. The summed E-state index contributed by atoms with van der Waals surface area (Å²) in [7, 11) is 1.16. The number of hydrogen-bond donors (Lipinski definition) is 1. The summed E-state index contributed by atoms with van der Waals surface area (Å²) in [5.74, 6) is -2.19. The second-order valence-electron chi connectivity index (χ2n) is 8.86. The van der Waals surface area contributed by atoms with E-state index in [1.54, 1.807) is 4.90 Å². The van der Waals surface area contributed by atoms with Crippen LogP contribution in [0.25, 0.3) is 0 Å². The maximum absolute atomic E-state index is 13.5. The van der Waals surface area contributed by atoms with Crippen molar-refractivity contribution in [3.05, 3.63) is 101 Å². The molecule has 0 bridgehead atoms. The van der Waals surface area contributed by atoms with Crippen LogP contribution in [0.15, 0.2) is 78.9 Å². The molecule has 1 fully saturated rings. The second-order valence-corrected chi connectivity index (χ2v) is 8.86. The lowest BCUT2D eigenvalue weighted by atomic mass is 9.96. The molecule has 198 valence electrons. The molecule has 2 amide bonds. The summed E-state index contributed by atoms with van der Waals surface area (Å²) in [4.78, 5) is 41.0. The minimum Gasteiger partial charge on any atom is -0.465 e. The first kappa shape index (κ1) is 27.0. The molecule has 0 spiro atoms. The van der Waals surface area contributed by atoms with Crippen LogP contribution in [0.3, 0.4) is 0 Å². The third-order valence-electron chi connectivity index (χ3n) is 6.38. The van der Waals surface area contributed by atoms with E-state index in [2.05, 4.69) is 39.2 Å². The summed E-state index contributed by atoms with van der Waals surface area (Å²) in [6.45, 7) is 1.84. The van der Waals surface area contributed by atoms with Crippen molar-refractivity contribution in [2.24, 2.45) is 0 Å². The number of ether oxygens (including phenoxy) is 2. The highest BCUT2D eigenvalue weighted by atomic mass is 19.1. The minimum absolute atomic E-state index is 0.0935. The van der Waals surface area contributed by atoms with Crippen LogP contribution in [0.5, 0.6) is 0 Å². The average Bonchev–Trinajstić information content (AvgIpc) is 2.95. The van der Waals surface area contributed by atoms with E-state index < -0.39 is 24.3 Å². The summed E-state index contributed by atoms with van der Waals surface area (Å²) >= 11 is 0. The number of carbonyl (C=O) groups is 3. The quantitative estimate of drug-likeness (QED) is 0.436. The number of amides is 2. The third kappa shape index (κ3) is 6.81. The maximum Gasteiger partial charge on any atom is 0.340 e. The number of benzene rings is 3. The van der Waals surface area contributed by atoms with Gasteiger partial charge in [-0.2, -0.15) is 0 Å². The summed E-state index contributed by atoms with van der Waals surface area (Å²) in [6.07, 6.45) is 0. The minimum atomic E-state index is -0.781. The summed E-state index contributed by atoms with van der Waals surface area (Å²) in [6, 6.07) is 24.1. The molecule has 0 unspecified atom stereocenters. The van der Waals surface area contributed by atoms with Crippen molar-refractivity contribution in [1.29, 1.82) is 0 Å². The molecule has 0 saturated carbocycles. The Morgan fingerprint density at radius 2 is 1.47 bits per heavy atom. The molecule has 0 atom stereocenters. The van der Waals surface area contributed by atoms with Gasteiger partial charge in [-0.1, -0.05) is 60.7 Å². The Labute approximate surface area is 221 Å². The number of anilines is 1. The topological polar surface area (TPSA) is 88.2 Å². The zero-order valence-corrected chi connectivity index (χ0v) is 21.1. The second kappa shape index (κ2) is 12.9. The van der Waals surface area contributed by atoms with E-state index in [1.165, 1.54) is 17.2 Å². The van der Waals surface area contributed by atoms with Gasteiger partial charge in [-0.15, -0.1) is 0 Å². The predicted octanol–water partition coefficient (Wildman–Crippen LogP) is 3.50. The van der Waals surface area contributed by atoms with E-state index in [0.29, 0.717) is 26.2 Å². The van der Waals surface area contributed by atoms with Gasteiger partial charge in [-0.25, -0.2) is 9.18 Å². The Kier molecular flexibility index (Phi) is 9.18. The van der Waals surface area contributed by atoms with Crippen LogP contribution in [0.4, 0.5) is 10.1 Å². The van der Waals surface area contributed by atoms with Crippen LogP contribution in [0.2, 0.25) is 0 Å². The molecule has 3 aromatic carbocycles. The Bertz CT molecular complexity index is 1210. The van der Waals surface area contributed by atoms with E-state index in [9.17, 15) is 18.8 Å². The first-order valence-electron chi connectivity index (χ1n) is 12.3. The number of esters is 1. The summed E-state index contributed by atoms with van der Waals surface area (Å²) in [5.41, 5.74) is 2.38. The lowest BCUT2D eigenvalue weighted by Crippen LogP contribution is -2.50. The summed E-state index contributed by atoms with van der Waals surface area (Å²) in [5, 5.41) is 2.49. The van der Waals surface area contributed by atoms with E-state index in [1.807, 2.05) is 36.4 Å². The van der Waals surface area contributed by atoms with Gasteiger partial charge in [0.2, 0.25) is 11.8 Å². The van der Waals surface area contributed by atoms with Crippen molar-refractivity contribution < 1.29 is 28.2 Å². The fourth-order valence-corrected chi connectivity index (χ4v) is 4.53. The molecule has 8 nitrogen and oxygen atoms in total. The number of methoxy groups -OCH3 is 1. The van der Waals surface area contributed by atoms with Gasteiger partial charge >= 0.3 is 5.97 Å². The zero-order valence-electron chi connectivity index (χ0n) is 21.1. The van der Waals surface area contributed by atoms with Crippen molar-refractivity contribution in [3.63, 3.8) is 0 Å². The predicted molar refractivity (Wildman–Crippen MR) is 140 cm³/mol. The molecule has 3 aromatic rings. The zero-order chi connectivity index (χ0) is 26.9. The van der Waals surface area contributed by atoms with Crippen molar-refractivity contribution in [1.82, 2.24) is 9.80 Å². The van der Waals surface area contributed by atoms with E-state index >= 15 is 0 Å². The standard InChI is InChI=1S/C29H30FN3O5/c1-37-29(36)24-18-23(30)12-13-25(24)31-26(34)19-38-20-27(35)32-14-16-33(17-15-32)28(21-8-4-2-5-9-21)22-10-6-3-7-11-22/h2-13,18,28H,14-17,19-20H2,1H3,(H,31,34). The highest BCUT2D eigenvalue weighted by molar-refractivity contribution is 6.01. The van der Waals surface area contributed by atoms with Gasteiger partial charge in [0.25, 0.3) is 0 Å². The molecule has 0 aliphatic carbocycles. The lowest BCUT2D eigenvalue weighted by Gasteiger charge is -2.39.